The van der Waals surface area contributed by atoms with Crippen LogP contribution in [0.2, 0.25) is 0 Å². The lowest BCUT2D eigenvalue weighted by molar-refractivity contribution is -0.138. The molecular weight excluding hydrogens is 246 g/mol. The first kappa shape index (κ1) is 11.2. The molecule has 0 amide bonds. The van der Waals surface area contributed by atoms with Crippen molar-refractivity contribution < 1.29 is 9.90 Å². The van der Waals surface area contributed by atoms with Crippen LogP contribution in [0.15, 0.2) is 10.8 Å². The van der Waals surface area contributed by atoms with Gasteiger partial charge in [-0.3, -0.25) is 4.79 Å². The van der Waals surface area contributed by atoms with Gasteiger partial charge in [-0.1, -0.05) is 0 Å². The summed E-state index contributed by atoms with van der Waals surface area (Å²) < 4.78 is 0. The van der Waals surface area contributed by atoms with Crippen molar-refractivity contribution in [2.24, 2.45) is 5.73 Å². The minimum absolute atomic E-state index is 0.375. The van der Waals surface area contributed by atoms with Crippen LogP contribution in [0.3, 0.4) is 0 Å². The molecule has 2 aromatic rings. The topological polar surface area (TPSA) is 89.1 Å². The van der Waals surface area contributed by atoms with Gasteiger partial charge in [-0.15, -0.1) is 22.7 Å². The van der Waals surface area contributed by atoms with Gasteiger partial charge in [-0.2, -0.15) is 0 Å². The second kappa shape index (κ2) is 4.28. The molecule has 0 bridgehead atoms. The molecule has 2 aromatic heterocycles. The first-order valence-corrected chi connectivity index (χ1v) is 6.20. The molecule has 0 saturated carbocycles. The fraction of sp³-hybridized carbons (Fsp3) is 0.222. The molecule has 0 aliphatic carbocycles. The first-order chi connectivity index (χ1) is 7.58. The summed E-state index contributed by atoms with van der Waals surface area (Å²) in [5.74, 6) is -1.08. The Bertz CT molecular complexity index is 520. The Labute approximate surface area is 99.6 Å². The van der Waals surface area contributed by atoms with Crippen molar-refractivity contribution in [1.29, 1.82) is 0 Å². The molecule has 0 aliphatic heterocycles. The van der Waals surface area contributed by atoms with E-state index < -0.39 is 12.0 Å². The fourth-order valence-electron chi connectivity index (χ4n) is 1.11. The van der Waals surface area contributed by atoms with Gasteiger partial charge >= 0.3 is 5.97 Å². The smallest absolute Gasteiger partial charge is 0.326 e. The highest BCUT2D eigenvalue weighted by molar-refractivity contribution is 7.19. The van der Waals surface area contributed by atoms with E-state index in [0.29, 0.717) is 10.7 Å². The summed E-state index contributed by atoms with van der Waals surface area (Å²) in [6.45, 7) is 1.90. The Kier molecular flexibility index (Phi) is 2.99. The Morgan fingerprint density at radius 3 is 2.56 bits per heavy atom. The number of carboxylic acids is 1. The molecule has 0 spiro atoms. The summed E-state index contributed by atoms with van der Waals surface area (Å²) in [4.78, 5) is 19.1. The predicted molar refractivity (Wildman–Crippen MR) is 62.5 cm³/mol. The third kappa shape index (κ3) is 2.11. The number of thiazole rings is 2. The second-order valence-corrected chi connectivity index (χ2v) is 4.90. The molecular formula is C9H9N3O2S2. The molecule has 3 N–H and O–H groups in total. The van der Waals surface area contributed by atoms with E-state index >= 15 is 0 Å². The zero-order valence-electron chi connectivity index (χ0n) is 8.38. The normalized spacial score (nSPS) is 12.6. The number of carboxylic acid groups (broad SMARTS) is 1. The maximum absolute atomic E-state index is 10.7. The molecule has 0 fully saturated rings. The number of carbonyl (C=O) groups is 1. The minimum Gasteiger partial charge on any atom is -0.480 e. The van der Waals surface area contributed by atoms with E-state index in [1.54, 1.807) is 5.38 Å². The third-order valence-corrected chi connectivity index (χ3v) is 3.87. The molecule has 0 aromatic carbocycles. The summed E-state index contributed by atoms with van der Waals surface area (Å²) >= 11 is 2.84. The van der Waals surface area contributed by atoms with Crippen LogP contribution in [-0.2, 0) is 4.79 Å². The first-order valence-electron chi connectivity index (χ1n) is 4.44. The van der Waals surface area contributed by atoms with E-state index in [0.717, 1.165) is 10.7 Å². The highest BCUT2D eigenvalue weighted by atomic mass is 32.1. The van der Waals surface area contributed by atoms with Crippen LogP contribution in [0, 0.1) is 6.92 Å². The number of rotatable bonds is 3. The van der Waals surface area contributed by atoms with Crippen LogP contribution in [0.5, 0.6) is 0 Å². The van der Waals surface area contributed by atoms with Gasteiger partial charge in [0.2, 0.25) is 0 Å². The Balaban J connectivity index is 2.29. The van der Waals surface area contributed by atoms with E-state index in [9.17, 15) is 4.79 Å². The van der Waals surface area contributed by atoms with E-state index in [2.05, 4.69) is 9.97 Å². The van der Waals surface area contributed by atoms with Gasteiger partial charge in [0.05, 0.1) is 5.69 Å². The van der Waals surface area contributed by atoms with Gasteiger partial charge in [0.1, 0.15) is 6.04 Å². The van der Waals surface area contributed by atoms with Crippen molar-refractivity contribution in [3.8, 4) is 10.0 Å². The molecule has 0 saturated heterocycles. The highest BCUT2D eigenvalue weighted by Gasteiger charge is 2.18. The van der Waals surface area contributed by atoms with E-state index in [-0.39, 0.29) is 0 Å². The molecule has 0 aliphatic rings. The average Bonchev–Trinajstić information content (AvgIpc) is 2.84. The van der Waals surface area contributed by atoms with Crippen molar-refractivity contribution in [1.82, 2.24) is 9.97 Å². The van der Waals surface area contributed by atoms with Gasteiger partial charge < -0.3 is 10.8 Å². The van der Waals surface area contributed by atoms with Gasteiger partial charge in [0.25, 0.3) is 0 Å². The SMILES string of the molecule is Cc1csc(-c2nc(C(N)C(=O)O)cs2)n1. The minimum atomic E-state index is -1.08. The Hall–Kier alpha value is -1.31. The number of aryl methyl sites for hydroxylation is 1. The summed E-state index contributed by atoms with van der Waals surface area (Å²) in [7, 11) is 0. The summed E-state index contributed by atoms with van der Waals surface area (Å²) in [5.41, 5.74) is 6.77. The number of nitrogens with zero attached hydrogens (tertiary/aromatic N) is 2. The fourth-order valence-corrected chi connectivity index (χ4v) is 2.81. The summed E-state index contributed by atoms with van der Waals surface area (Å²) in [5, 5.41) is 13.8. The van der Waals surface area contributed by atoms with E-state index in [1.165, 1.54) is 22.7 Å². The molecule has 16 heavy (non-hydrogen) atoms. The maximum atomic E-state index is 10.7. The average molecular weight is 255 g/mol. The van der Waals surface area contributed by atoms with Crippen molar-refractivity contribution in [3.63, 3.8) is 0 Å². The van der Waals surface area contributed by atoms with Crippen LogP contribution in [-0.4, -0.2) is 21.0 Å². The second-order valence-electron chi connectivity index (χ2n) is 3.19. The lowest BCUT2D eigenvalue weighted by atomic mass is 10.2. The third-order valence-electron chi connectivity index (χ3n) is 1.91. The van der Waals surface area contributed by atoms with Crippen molar-refractivity contribution in [2.75, 3.05) is 0 Å². The van der Waals surface area contributed by atoms with Crippen LogP contribution < -0.4 is 5.73 Å². The van der Waals surface area contributed by atoms with Gasteiger partial charge in [-0.05, 0) is 6.92 Å². The largest absolute Gasteiger partial charge is 0.480 e. The van der Waals surface area contributed by atoms with Crippen LogP contribution in [0.1, 0.15) is 17.4 Å². The number of hydrogen-bond donors (Lipinski definition) is 2. The standard InChI is InChI=1S/C9H9N3O2S2/c1-4-2-15-7(11-4)8-12-5(3-16-8)6(10)9(13)14/h2-3,6H,10H2,1H3,(H,13,14). The molecule has 1 unspecified atom stereocenters. The number of aliphatic carboxylic acids is 1. The highest BCUT2D eigenvalue weighted by Crippen LogP contribution is 2.28. The summed E-state index contributed by atoms with van der Waals surface area (Å²) in [6, 6.07) is -1.06. The van der Waals surface area contributed by atoms with Gasteiger partial charge in [-0.25, -0.2) is 9.97 Å². The molecule has 7 heteroatoms. The molecule has 2 heterocycles. The molecule has 84 valence electrons. The van der Waals surface area contributed by atoms with Gasteiger partial charge in [0, 0.05) is 16.5 Å². The lowest BCUT2D eigenvalue weighted by Crippen LogP contribution is -2.20. The van der Waals surface area contributed by atoms with Crippen LogP contribution in [0.4, 0.5) is 0 Å². The quantitative estimate of drug-likeness (QED) is 0.870. The molecule has 5 nitrogen and oxygen atoms in total. The Morgan fingerprint density at radius 1 is 1.38 bits per heavy atom. The van der Waals surface area contributed by atoms with Crippen molar-refractivity contribution in [3.05, 3.63) is 22.1 Å². The van der Waals surface area contributed by atoms with Crippen LogP contribution >= 0.6 is 22.7 Å². The lowest BCUT2D eigenvalue weighted by Gasteiger charge is -1.99. The van der Waals surface area contributed by atoms with Crippen molar-refractivity contribution >= 4 is 28.6 Å². The molecule has 1 atom stereocenters. The predicted octanol–water partition coefficient (Wildman–Crippen LogP) is 1.66. The van der Waals surface area contributed by atoms with E-state index in [4.69, 9.17) is 10.8 Å². The van der Waals surface area contributed by atoms with Gasteiger partial charge in [0.15, 0.2) is 10.0 Å². The van der Waals surface area contributed by atoms with Crippen molar-refractivity contribution in [2.45, 2.75) is 13.0 Å². The molecule has 2 rings (SSSR count). The van der Waals surface area contributed by atoms with E-state index in [1.807, 2.05) is 12.3 Å². The molecule has 0 radical (unpaired) electrons. The Morgan fingerprint density at radius 2 is 2.00 bits per heavy atom. The zero-order chi connectivity index (χ0) is 11.7. The summed E-state index contributed by atoms with van der Waals surface area (Å²) in [6.07, 6.45) is 0. The number of hydrogen-bond acceptors (Lipinski definition) is 6. The zero-order valence-corrected chi connectivity index (χ0v) is 10.0. The number of aromatic nitrogens is 2. The monoisotopic (exact) mass is 255 g/mol. The van der Waals surface area contributed by atoms with Crippen LogP contribution in [0.25, 0.3) is 10.0 Å². The number of nitrogens with two attached hydrogens (primary N) is 1. The maximum Gasteiger partial charge on any atom is 0.326 e.